The summed E-state index contributed by atoms with van der Waals surface area (Å²) in [7, 11) is 0. The van der Waals surface area contributed by atoms with E-state index in [9.17, 15) is 9.90 Å². The molecular weight excluding hydrogens is 336 g/mol. The SMILES string of the molecule is CCCC[C@H]1C=CCN1C(=O)c1ccc(-c2cncc(C(C)(C)O)c2)cc1. The number of aliphatic hydroxyl groups is 1. The fourth-order valence-electron chi connectivity index (χ4n) is 3.37. The van der Waals surface area contributed by atoms with Crippen molar-refractivity contribution in [3.05, 3.63) is 66.0 Å². The lowest BCUT2D eigenvalue weighted by molar-refractivity contribution is 0.0742. The molecule has 1 aromatic carbocycles. The Morgan fingerprint density at radius 1 is 1.22 bits per heavy atom. The maximum Gasteiger partial charge on any atom is 0.254 e. The van der Waals surface area contributed by atoms with Gasteiger partial charge in [0.1, 0.15) is 0 Å². The fourth-order valence-corrected chi connectivity index (χ4v) is 3.37. The minimum Gasteiger partial charge on any atom is -0.386 e. The lowest BCUT2D eigenvalue weighted by Crippen LogP contribution is -2.36. The molecule has 4 nitrogen and oxygen atoms in total. The van der Waals surface area contributed by atoms with Gasteiger partial charge in [-0.05, 0) is 44.0 Å². The van der Waals surface area contributed by atoms with Crippen LogP contribution in [0.5, 0.6) is 0 Å². The average molecular weight is 364 g/mol. The molecular formula is C23H28N2O2. The van der Waals surface area contributed by atoms with Gasteiger partial charge in [0.2, 0.25) is 0 Å². The van der Waals surface area contributed by atoms with Crippen molar-refractivity contribution in [1.82, 2.24) is 9.88 Å². The first-order chi connectivity index (χ1) is 12.9. The van der Waals surface area contributed by atoms with Crippen molar-refractivity contribution in [3.63, 3.8) is 0 Å². The van der Waals surface area contributed by atoms with Crippen LogP contribution in [0.2, 0.25) is 0 Å². The molecule has 3 rings (SSSR count). The molecule has 0 spiro atoms. The first kappa shape index (κ1) is 19.3. The van der Waals surface area contributed by atoms with Crippen LogP contribution < -0.4 is 0 Å². The van der Waals surface area contributed by atoms with Crippen molar-refractivity contribution in [1.29, 1.82) is 0 Å². The van der Waals surface area contributed by atoms with Crippen molar-refractivity contribution in [2.45, 2.75) is 51.7 Å². The highest BCUT2D eigenvalue weighted by molar-refractivity contribution is 5.95. The van der Waals surface area contributed by atoms with E-state index in [0.29, 0.717) is 12.1 Å². The van der Waals surface area contributed by atoms with Crippen LogP contribution in [0, 0.1) is 0 Å². The molecule has 4 heteroatoms. The molecule has 0 saturated heterocycles. The van der Waals surface area contributed by atoms with E-state index in [4.69, 9.17) is 0 Å². The van der Waals surface area contributed by atoms with E-state index in [1.54, 1.807) is 26.2 Å². The van der Waals surface area contributed by atoms with Crippen molar-refractivity contribution < 1.29 is 9.90 Å². The van der Waals surface area contributed by atoms with E-state index in [1.807, 2.05) is 35.2 Å². The lowest BCUT2D eigenvalue weighted by atomic mass is 9.96. The first-order valence-corrected chi connectivity index (χ1v) is 9.66. The van der Waals surface area contributed by atoms with Crippen LogP contribution in [-0.4, -0.2) is 33.5 Å². The van der Waals surface area contributed by atoms with Gasteiger partial charge in [0.05, 0.1) is 11.6 Å². The Balaban J connectivity index is 1.77. The van der Waals surface area contributed by atoms with Gasteiger partial charge in [-0.3, -0.25) is 9.78 Å². The Bertz CT molecular complexity index is 819. The van der Waals surface area contributed by atoms with Crippen LogP contribution in [0.3, 0.4) is 0 Å². The second-order valence-corrected chi connectivity index (χ2v) is 7.69. The van der Waals surface area contributed by atoms with Gasteiger partial charge in [0.25, 0.3) is 5.91 Å². The maximum absolute atomic E-state index is 12.9. The molecule has 0 saturated carbocycles. The summed E-state index contributed by atoms with van der Waals surface area (Å²) in [6.07, 6.45) is 11.0. The third-order valence-corrected chi connectivity index (χ3v) is 5.08. The predicted octanol–water partition coefficient (Wildman–Crippen LogP) is 4.55. The molecule has 1 atom stereocenters. The number of nitrogens with zero attached hydrogens (tertiary/aromatic N) is 2. The normalized spacial score (nSPS) is 16.7. The fraction of sp³-hybridized carbons (Fsp3) is 0.391. The number of rotatable bonds is 6. The first-order valence-electron chi connectivity index (χ1n) is 9.66. The summed E-state index contributed by atoms with van der Waals surface area (Å²) >= 11 is 0. The Morgan fingerprint density at radius 3 is 2.63 bits per heavy atom. The predicted molar refractivity (Wildman–Crippen MR) is 108 cm³/mol. The zero-order valence-corrected chi connectivity index (χ0v) is 16.4. The number of carbonyl (C=O) groups is 1. The van der Waals surface area contributed by atoms with Crippen LogP contribution in [0.4, 0.5) is 0 Å². The highest BCUT2D eigenvalue weighted by Crippen LogP contribution is 2.26. The molecule has 0 bridgehead atoms. The van der Waals surface area contributed by atoms with Crippen LogP contribution in [0.25, 0.3) is 11.1 Å². The third-order valence-electron chi connectivity index (χ3n) is 5.08. The zero-order chi connectivity index (χ0) is 19.4. The summed E-state index contributed by atoms with van der Waals surface area (Å²) in [4.78, 5) is 19.1. The van der Waals surface area contributed by atoms with E-state index >= 15 is 0 Å². The number of amides is 1. The number of pyridine rings is 1. The van der Waals surface area contributed by atoms with E-state index in [1.165, 1.54) is 0 Å². The van der Waals surface area contributed by atoms with E-state index in [2.05, 4.69) is 24.1 Å². The van der Waals surface area contributed by atoms with Gasteiger partial charge in [-0.1, -0.05) is 44.1 Å². The van der Waals surface area contributed by atoms with Gasteiger partial charge < -0.3 is 10.0 Å². The quantitative estimate of drug-likeness (QED) is 0.765. The van der Waals surface area contributed by atoms with Crippen LogP contribution in [-0.2, 0) is 5.60 Å². The molecule has 1 aliphatic heterocycles. The third kappa shape index (κ3) is 4.45. The molecule has 0 fully saturated rings. The average Bonchev–Trinajstić information content (AvgIpc) is 3.14. The van der Waals surface area contributed by atoms with Gasteiger partial charge in [0.15, 0.2) is 0 Å². The van der Waals surface area contributed by atoms with Crippen molar-refractivity contribution >= 4 is 5.91 Å². The number of unbranched alkanes of at least 4 members (excludes halogenated alkanes) is 1. The van der Waals surface area contributed by atoms with Crippen LogP contribution in [0.15, 0.2) is 54.9 Å². The van der Waals surface area contributed by atoms with Crippen molar-refractivity contribution in [2.24, 2.45) is 0 Å². The van der Waals surface area contributed by atoms with Gasteiger partial charge in [-0.25, -0.2) is 0 Å². The zero-order valence-electron chi connectivity index (χ0n) is 16.4. The van der Waals surface area contributed by atoms with E-state index in [0.717, 1.165) is 36.0 Å². The number of hydrogen-bond acceptors (Lipinski definition) is 3. The molecule has 0 unspecified atom stereocenters. The molecule has 27 heavy (non-hydrogen) atoms. The minimum atomic E-state index is -0.935. The molecule has 0 aliphatic carbocycles. The number of aromatic nitrogens is 1. The van der Waals surface area contributed by atoms with Crippen LogP contribution >= 0.6 is 0 Å². The van der Waals surface area contributed by atoms with Gasteiger partial charge in [-0.2, -0.15) is 0 Å². The molecule has 1 aromatic heterocycles. The highest BCUT2D eigenvalue weighted by atomic mass is 16.3. The van der Waals surface area contributed by atoms with E-state index in [-0.39, 0.29) is 11.9 Å². The van der Waals surface area contributed by atoms with Crippen molar-refractivity contribution in [3.8, 4) is 11.1 Å². The molecule has 1 N–H and O–H groups in total. The second kappa shape index (κ2) is 8.05. The Hall–Kier alpha value is -2.46. The van der Waals surface area contributed by atoms with Gasteiger partial charge in [0, 0.05) is 35.6 Å². The minimum absolute atomic E-state index is 0.0796. The number of hydrogen-bond donors (Lipinski definition) is 1. The Kier molecular flexibility index (Phi) is 5.76. The molecule has 1 aliphatic rings. The lowest BCUT2D eigenvalue weighted by Gasteiger charge is -2.24. The van der Waals surface area contributed by atoms with Gasteiger partial charge >= 0.3 is 0 Å². The maximum atomic E-state index is 12.9. The van der Waals surface area contributed by atoms with Crippen molar-refractivity contribution in [2.75, 3.05) is 6.54 Å². The standard InChI is InChI=1S/C23H28N2O2/c1-4-5-7-21-8-6-13-25(21)22(26)18-11-9-17(10-12-18)19-14-20(16-24-15-19)23(2,3)27/h6,8-12,14-16,21,27H,4-5,7,13H2,1-3H3/t21-/m0/s1. The summed E-state index contributed by atoms with van der Waals surface area (Å²) in [5.41, 5.74) is 2.44. The molecule has 0 radical (unpaired) electrons. The monoisotopic (exact) mass is 364 g/mol. The van der Waals surface area contributed by atoms with Crippen LogP contribution in [0.1, 0.15) is 56.0 Å². The molecule has 1 amide bonds. The summed E-state index contributed by atoms with van der Waals surface area (Å²) in [5.74, 6) is 0.0796. The number of carbonyl (C=O) groups excluding carboxylic acids is 1. The van der Waals surface area contributed by atoms with Gasteiger partial charge in [-0.15, -0.1) is 0 Å². The summed E-state index contributed by atoms with van der Waals surface area (Å²) < 4.78 is 0. The molecule has 2 aromatic rings. The summed E-state index contributed by atoms with van der Waals surface area (Å²) in [6.45, 7) is 6.35. The molecule has 2 heterocycles. The smallest absolute Gasteiger partial charge is 0.254 e. The summed E-state index contributed by atoms with van der Waals surface area (Å²) in [5, 5.41) is 10.2. The Morgan fingerprint density at radius 2 is 1.96 bits per heavy atom. The Labute approximate surface area is 161 Å². The number of benzene rings is 1. The second-order valence-electron chi connectivity index (χ2n) is 7.69. The van der Waals surface area contributed by atoms with E-state index < -0.39 is 5.60 Å². The highest BCUT2D eigenvalue weighted by Gasteiger charge is 2.25. The summed E-state index contributed by atoms with van der Waals surface area (Å²) in [6, 6.07) is 9.80. The largest absolute Gasteiger partial charge is 0.386 e. The molecule has 142 valence electrons. The topological polar surface area (TPSA) is 53.4 Å².